The number of esters is 1. The number of rotatable bonds is 6. The maximum atomic E-state index is 12.9. The summed E-state index contributed by atoms with van der Waals surface area (Å²) in [5, 5.41) is 0. The van der Waals surface area contributed by atoms with Gasteiger partial charge in [0.05, 0.1) is 5.71 Å². The molecular weight excluding hydrogens is 358 g/mol. The van der Waals surface area contributed by atoms with E-state index < -0.39 is 5.97 Å². The van der Waals surface area contributed by atoms with Crippen molar-refractivity contribution in [2.24, 2.45) is 22.7 Å². The van der Waals surface area contributed by atoms with E-state index in [-0.39, 0.29) is 11.8 Å². The van der Waals surface area contributed by atoms with Gasteiger partial charge >= 0.3 is 5.97 Å². The first-order chi connectivity index (χ1) is 14.0. The molecule has 0 bridgehead atoms. The molecule has 0 amide bonds. The number of aliphatic imine (C=N–C) groups is 1. The van der Waals surface area contributed by atoms with E-state index in [0.717, 1.165) is 29.7 Å². The number of carbonyl (C=O) groups is 1. The average Bonchev–Trinajstić information content (AvgIpc) is 2.73. The van der Waals surface area contributed by atoms with E-state index in [4.69, 9.17) is 4.74 Å². The first kappa shape index (κ1) is 21.0. The molecule has 1 fully saturated rings. The van der Waals surface area contributed by atoms with Crippen molar-refractivity contribution >= 4 is 11.7 Å². The summed E-state index contributed by atoms with van der Waals surface area (Å²) in [4.78, 5) is 17.5. The number of carbonyl (C=O) groups excluding carboxylic acids is 1. The van der Waals surface area contributed by atoms with E-state index in [0.29, 0.717) is 17.8 Å². The minimum atomic E-state index is -0.417. The van der Waals surface area contributed by atoms with Gasteiger partial charge in [0.2, 0.25) is 0 Å². The van der Waals surface area contributed by atoms with Gasteiger partial charge in [0.25, 0.3) is 0 Å². The Balaban J connectivity index is 1.82. The standard InChI is InChI=1S/C26H31NO2/c1-18(2)23-16-15-19(3)17-24(23)29-26(28)20(4)27-25(21-11-7-5-8-12-21)22-13-9-6-10-14-22/h5-14,18-19,23-24H,4,15-17H2,1-3H3/t19-,23+,24-/m1/s1. The molecule has 1 aliphatic carbocycles. The number of ether oxygens (including phenoxy) is 1. The van der Waals surface area contributed by atoms with E-state index in [2.05, 4.69) is 32.3 Å². The van der Waals surface area contributed by atoms with Crippen molar-refractivity contribution in [1.82, 2.24) is 0 Å². The molecule has 0 saturated heterocycles. The predicted molar refractivity (Wildman–Crippen MR) is 119 cm³/mol. The second-order valence-electron chi connectivity index (χ2n) is 8.41. The Labute approximate surface area is 174 Å². The van der Waals surface area contributed by atoms with Gasteiger partial charge in [0, 0.05) is 11.1 Å². The van der Waals surface area contributed by atoms with Crippen LogP contribution in [0.15, 0.2) is 77.9 Å². The Bertz CT molecular complexity index is 813. The fourth-order valence-electron chi connectivity index (χ4n) is 4.12. The SMILES string of the molecule is C=C(N=C(c1ccccc1)c1ccccc1)C(=O)O[C@@H]1C[C@H](C)CC[C@H]1C(C)C. The third kappa shape index (κ3) is 5.44. The Morgan fingerprint density at radius 1 is 1.00 bits per heavy atom. The van der Waals surface area contributed by atoms with Gasteiger partial charge in [0.15, 0.2) is 0 Å². The average molecular weight is 390 g/mol. The first-order valence-corrected chi connectivity index (χ1v) is 10.5. The van der Waals surface area contributed by atoms with E-state index in [1.807, 2.05) is 60.7 Å². The van der Waals surface area contributed by atoms with E-state index in [9.17, 15) is 4.79 Å². The lowest BCUT2D eigenvalue weighted by atomic mass is 9.75. The van der Waals surface area contributed by atoms with Gasteiger partial charge in [-0.05, 0) is 30.6 Å². The van der Waals surface area contributed by atoms with Crippen LogP contribution in [0.4, 0.5) is 0 Å². The number of nitrogens with zero attached hydrogens (tertiary/aromatic N) is 1. The highest BCUT2D eigenvalue weighted by Crippen LogP contribution is 2.35. The van der Waals surface area contributed by atoms with Crippen LogP contribution >= 0.6 is 0 Å². The Kier molecular flexibility index (Phi) is 7.03. The second kappa shape index (κ2) is 9.69. The van der Waals surface area contributed by atoms with Crippen molar-refractivity contribution in [3.8, 4) is 0 Å². The van der Waals surface area contributed by atoms with Gasteiger partial charge in [-0.2, -0.15) is 0 Å². The summed E-state index contributed by atoms with van der Waals surface area (Å²) < 4.78 is 5.92. The molecule has 152 valence electrons. The zero-order chi connectivity index (χ0) is 20.8. The van der Waals surface area contributed by atoms with Gasteiger partial charge in [-0.15, -0.1) is 0 Å². The quantitative estimate of drug-likeness (QED) is 0.343. The molecule has 0 heterocycles. The Hall–Kier alpha value is -2.68. The third-order valence-electron chi connectivity index (χ3n) is 5.80. The lowest BCUT2D eigenvalue weighted by molar-refractivity contribution is -0.151. The Morgan fingerprint density at radius 3 is 2.07 bits per heavy atom. The molecule has 1 aliphatic rings. The minimum Gasteiger partial charge on any atom is -0.457 e. The maximum absolute atomic E-state index is 12.9. The second-order valence-corrected chi connectivity index (χ2v) is 8.41. The summed E-state index contributed by atoms with van der Waals surface area (Å²) in [6.07, 6.45) is 3.15. The summed E-state index contributed by atoms with van der Waals surface area (Å²) in [6, 6.07) is 19.7. The smallest absolute Gasteiger partial charge is 0.356 e. The number of hydrogen-bond donors (Lipinski definition) is 0. The summed E-state index contributed by atoms with van der Waals surface area (Å²) in [5.41, 5.74) is 2.76. The first-order valence-electron chi connectivity index (χ1n) is 10.5. The molecule has 0 aliphatic heterocycles. The highest BCUT2D eigenvalue weighted by Gasteiger charge is 2.33. The van der Waals surface area contributed by atoms with E-state index >= 15 is 0 Å². The van der Waals surface area contributed by atoms with Crippen LogP contribution in [-0.4, -0.2) is 17.8 Å². The van der Waals surface area contributed by atoms with E-state index in [1.165, 1.54) is 6.42 Å². The number of hydrogen-bond acceptors (Lipinski definition) is 3. The molecule has 2 aromatic rings. The molecule has 0 N–H and O–H groups in total. The topological polar surface area (TPSA) is 38.7 Å². The largest absolute Gasteiger partial charge is 0.457 e. The minimum absolute atomic E-state index is 0.0601. The lowest BCUT2D eigenvalue weighted by Crippen LogP contribution is -2.36. The van der Waals surface area contributed by atoms with Crippen LogP contribution in [-0.2, 0) is 9.53 Å². The van der Waals surface area contributed by atoms with Gasteiger partial charge in [-0.25, -0.2) is 9.79 Å². The van der Waals surface area contributed by atoms with E-state index in [1.54, 1.807) is 0 Å². The summed E-state index contributed by atoms with van der Waals surface area (Å²) >= 11 is 0. The number of benzene rings is 2. The van der Waals surface area contributed by atoms with Crippen molar-refractivity contribution in [3.63, 3.8) is 0 Å². The predicted octanol–water partition coefficient (Wildman–Crippen LogP) is 6.04. The molecule has 0 spiro atoms. The fraction of sp³-hybridized carbons (Fsp3) is 0.385. The maximum Gasteiger partial charge on any atom is 0.356 e. The third-order valence-corrected chi connectivity index (χ3v) is 5.80. The molecule has 3 atom stereocenters. The van der Waals surface area contributed by atoms with Crippen LogP contribution in [0.1, 0.15) is 51.2 Å². The molecule has 0 aromatic heterocycles. The summed E-state index contributed by atoms with van der Waals surface area (Å²) in [6.45, 7) is 10.6. The summed E-state index contributed by atoms with van der Waals surface area (Å²) in [7, 11) is 0. The van der Waals surface area contributed by atoms with Crippen LogP contribution < -0.4 is 0 Å². The zero-order valence-corrected chi connectivity index (χ0v) is 17.7. The molecule has 3 heteroatoms. The van der Waals surface area contributed by atoms with Gasteiger partial charge in [-0.3, -0.25) is 0 Å². The molecule has 29 heavy (non-hydrogen) atoms. The fourth-order valence-corrected chi connectivity index (χ4v) is 4.12. The van der Waals surface area contributed by atoms with Gasteiger partial charge < -0.3 is 4.74 Å². The highest BCUT2D eigenvalue weighted by molar-refractivity contribution is 6.14. The van der Waals surface area contributed by atoms with Crippen LogP contribution in [0.3, 0.4) is 0 Å². The van der Waals surface area contributed by atoms with Crippen molar-refractivity contribution in [2.45, 2.75) is 46.1 Å². The normalized spacial score (nSPS) is 21.4. The van der Waals surface area contributed by atoms with Crippen molar-refractivity contribution < 1.29 is 9.53 Å². The van der Waals surface area contributed by atoms with Gasteiger partial charge in [-0.1, -0.05) is 94.4 Å². The molecular formula is C26H31NO2. The van der Waals surface area contributed by atoms with Crippen molar-refractivity contribution in [2.75, 3.05) is 0 Å². The molecule has 0 unspecified atom stereocenters. The van der Waals surface area contributed by atoms with Crippen molar-refractivity contribution in [3.05, 3.63) is 84.1 Å². The molecule has 3 nitrogen and oxygen atoms in total. The Morgan fingerprint density at radius 2 is 1.55 bits per heavy atom. The van der Waals surface area contributed by atoms with Crippen LogP contribution in [0.25, 0.3) is 0 Å². The van der Waals surface area contributed by atoms with Crippen LogP contribution in [0.2, 0.25) is 0 Å². The van der Waals surface area contributed by atoms with Crippen LogP contribution in [0, 0.1) is 17.8 Å². The van der Waals surface area contributed by atoms with Gasteiger partial charge in [0.1, 0.15) is 11.8 Å². The van der Waals surface area contributed by atoms with Crippen molar-refractivity contribution in [1.29, 1.82) is 0 Å². The molecule has 2 aromatic carbocycles. The summed E-state index contributed by atoms with van der Waals surface area (Å²) in [5.74, 6) is 1.04. The highest BCUT2D eigenvalue weighted by atomic mass is 16.5. The lowest BCUT2D eigenvalue weighted by Gasteiger charge is -2.36. The molecule has 1 saturated carbocycles. The van der Waals surface area contributed by atoms with Crippen LogP contribution in [0.5, 0.6) is 0 Å². The molecule has 3 rings (SSSR count). The molecule has 0 radical (unpaired) electrons. The zero-order valence-electron chi connectivity index (χ0n) is 17.7. The monoisotopic (exact) mass is 389 g/mol.